The molecule has 0 spiro atoms. The van der Waals surface area contributed by atoms with Crippen LogP contribution in [0.25, 0.3) is 0 Å². The molecule has 1 heterocycles. The third-order valence-electron chi connectivity index (χ3n) is 5.06. The Morgan fingerprint density at radius 1 is 1.12 bits per heavy atom. The van der Waals surface area contributed by atoms with E-state index in [1.165, 1.54) is 12.1 Å². The van der Waals surface area contributed by atoms with E-state index >= 15 is 0 Å². The van der Waals surface area contributed by atoms with Gasteiger partial charge in [-0.05, 0) is 74.4 Å². The number of hydrogen-bond donors (Lipinski definition) is 2. The number of carbonyl (C=O) groups excluding carboxylic acids is 1. The highest BCUT2D eigenvalue weighted by Gasteiger charge is 2.20. The number of amides is 1. The maximum Gasteiger partial charge on any atom is 0.261 e. The van der Waals surface area contributed by atoms with Crippen LogP contribution in [0.1, 0.15) is 26.8 Å². The molecule has 32 heavy (non-hydrogen) atoms. The molecule has 0 fully saturated rings. The normalized spacial score (nSPS) is 12.4. The van der Waals surface area contributed by atoms with Crippen LogP contribution in [-0.4, -0.2) is 47.0 Å². The molecule has 170 valence electrons. The summed E-state index contributed by atoms with van der Waals surface area (Å²) >= 11 is 1.63. The van der Waals surface area contributed by atoms with Crippen molar-refractivity contribution in [3.05, 3.63) is 76.0 Å². The molecule has 0 saturated carbocycles. The first-order valence-corrected chi connectivity index (χ1v) is 12.3. The molecule has 2 aromatic carbocycles. The van der Waals surface area contributed by atoms with E-state index in [2.05, 4.69) is 10.0 Å². The van der Waals surface area contributed by atoms with Crippen molar-refractivity contribution in [3.63, 3.8) is 0 Å². The molecule has 0 aliphatic heterocycles. The predicted molar refractivity (Wildman–Crippen MR) is 128 cm³/mol. The maximum atomic E-state index is 12.9. The van der Waals surface area contributed by atoms with Crippen molar-refractivity contribution in [2.24, 2.45) is 0 Å². The Morgan fingerprint density at radius 2 is 1.84 bits per heavy atom. The zero-order chi connectivity index (χ0) is 23.3. The number of thiophene rings is 1. The molecule has 0 bridgehead atoms. The number of nitrogens with one attached hydrogen (secondary N) is 2. The summed E-state index contributed by atoms with van der Waals surface area (Å²) in [6, 6.07) is 15.1. The van der Waals surface area contributed by atoms with Gasteiger partial charge >= 0.3 is 0 Å². The zero-order valence-corrected chi connectivity index (χ0v) is 20.1. The number of ether oxygens (including phenoxy) is 1. The van der Waals surface area contributed by atoms with Crippen molar-refractivity contribution >= 4 is 33.0 Å². The minimum atomic E-state index is -3.86. The average molecular weight is 474 g/mol. The van der Waals surface area contributed by atoms with Gasteiger partial charge in [-0.25, -0.2) is 8.42 Å². The number of likely N-dealkylation sites (N-methyl/N-ethyl adjacent to an activating group) is 1. The lowest BCUT2D eigenvalue weighted by atomic mass is 10.1. The van der Waals surface area contributed by atoms with Crippen LogP contribution in [0.3, 0.4) is 0 Å². The van der Waals surface area contributed by atoms with Crippen LogP contribution < -0.4 is 14.8 Å². The van der Waals surface area contributed by atoms with Crippen LogP contribution >= 0.6 is 11.3 Å². The second-order valence-electron chi connectivity index (χ2n) is 7.52. The Kier molecular flexibility index (Phi) is 7.55. The molecule has 7 nitrogen and oxygen atoms in total. The number of methoxy groups -OCH3 is 1. The quantitative estimate of drug-likeness (QED) is 0.492. The molecule has 1 aromatic heterocycles. The number of benzene rings is 2. The second-order valence-corrected chi connectivity index (χ2v) is 10.2. The van der Waals surface area contributed by atoms with Gasteiger partial charge in [0, 0.05) is 22.7 Å². The Hall–Kier alpha value is -2.88. The van der Waals surface area contributed by atoms with Gasteiger partial charge in [0.25, 0.3) is 15.9 Å². The third-order valence-corrected chi connectivity index (χ3v) is 7.41. The number of aryl methyl sites for hydroxylation is 1. The molecule has 3 aromatic rings. The SMILES string of the molecule is COc1ccc(NS(=O)(=O)c2ccc(C)c(C(=O)NCC(c3cccs3)N(C)C)c2)cc1. The molecule has 2 N–H and O–H groups in total. The lowest BCUT2D eigenvalue weighted by Gasteiger charge is -2.23. The molecule has 0 radical (unpaired) electrons. The molecule has 0 saturated heterocycles. The minimum absolute atomic E-state index is 0.0199. The highest BCUT2D eigenvalue weighted by atomic mass is 32.2. The van der Waals surface area contributed by atoms with E-state index < -0.39 is 10.0 Å². The minimum Gasteiger partial charge on any atom is -0.497 e. The monoisotopic (exact) mass is 473 g/mol. The summed E-state index contributed by atoms with van der Waals surface area (Å²) in [5.74, 6) is 0.313. The summed E-state index contributed by atoms with van der Waals surface area (Å²) < 4.78 is 33.4. The van der Waals surface area contributed by atoms with E-state index in [-0.39, 0.29) is 16.8 Å². The van der Waals surface area contributed by atoms with E-state index in [1.807, 2.05) is 36.5 Å². The van der Waals surface area contributed by atoms with Crippen molar-refractivity contribution in [3.8, 4) is 5.75 Å². The van der Waals surface area contributed by atoms with Crippen LogP contribution in [0, 0.1) is 6.92 Å². The number of nitrogens with zero attached hydrogens (tertiary/aromatic N) is 1. The molecular weight excluding hydrogens is 446 g/mol. The van der Waals surface area contributed by atoms with E-state index in [4.69, 9.17) is 4.74 Å². The first-order chi connectivity index (χ1) is 15.2. The summed E-state index contributed by atoms with van der Waals surface area (Å²) in [7, 11) is 1.59. The van der Waals surface area contributed by atoms with Gasteiger partial charge in [0.1, 0.15) is 5.75 Å². The topological polar surface area (TPSA) is 87.7 Å². The van der Waals surface area contributed by atoms with Gasteiger partial charge in [0.05, 0.1) is 18.0 Å². The molecule has 1 unspecified atom stereocenters. The van der Waals surface area contributed by atoms with Gasteiger partial charge in [-0.3, -0.25) is 9.52 Å². The van der Waals surface area contributed by atoms with E-state index in [0.29, 0.717) is 29.1 Å². The van der Waals surface area contributed by atoms with Gasteiger partial charge in [0.15, 0.2) is 0 Å². The molecule has 1 amide bonds. The van der Waals surface area contributed by atoms with Gasteiger partial charge in [-0.2, -0.15) is 0 Å². The van der Waals surface area contributed by atoms with Gasteiger partial charge in [-0.15, -0.1) is 11.3 Å². The van der Waals surface area contributed by atoms with Crippen molar-refractivity contribution in [1.29, 1.82) is 0 Å². The standard InChI is InChI=1S/C23H27N3O4S2/c1-16-7-12-19(32(28,29)25-17-8-10-18(30-4)11-9-17)14-20(16)23(27)24-15-21(26(2)3)22-6-5-13-31-22/h5-14,21,25H,15H2,1-4H3,(H,24,27). The fourth-order valence-corrected chi connectivity index (χ4v) is 5.20. The number of hydrogen-bond acceptors (Lipinski definition) is 6. The predicted octanol–water partition coefficient (Wildman–Crippen LogP) is 3.90. The highest BCUT2D eigenvalue weighted by Crippen LogP contribution is 2.24. The smallest absolute Gasteiger partial charge is 0.261 e. The van der Waals surface area contributed by atoms with E-state index in [1.54, 1.807) is 55.7 Å². The third kappa shape index (κ3) is 5.67. The summed E-state index contributed by atoms with van der Waals surface area (Å²) in [5.41, 5.74) is 1.43. The fraction of sp³-hybridized carbons (Fsp3) is 0.261. The molecule has 3 rings (SSSR count). The van der Waals surface area contributed by atoms with Crippen molar-refractivity contribution in [1.82, 2.24) is 10.2 Å². The van der Waals surface area contributed by atoms with Crippen molar-refractivity contribution in [2.75, 3.05) is 32.5 Å². The van der Waals surface area contributed by atoms with Crippen LogP contribution in [0.4, 0.5) is 5.69 Å². The zero-order valence-electron chi connectivity index (χ0n) is 18.5. The summed E-state index contributed by atoms with van der Waals surface area (Å²) in [6.45, 7) is 2.19. The fourth-order valence-electron chi connectivity index (χ4n) is 3.19. The molecular formula is C23H27N3O4S2. The first kappa shape index (κ1) is 23.8. The van der Waals surface area contributed by atoms with Crippen LogP contribution in [0.5, 0.6) is 5.75 Å². The summed E-state index contributed by atoms with van der Waals surface area (Å²) in [6.07, 6.45) is 0. The Morgan fingerprint density at radius 3 is 2.44 bits per heavy atom. The maximum absolute atomic E-state index is 12.9. The van der Waals surface area contributed by atoms with E-state index in [0.717, 1.165) is 4.88 Å². The Labute approximate surface area is 193 Å². The lowest BCUT2D eigenvalue weighted by molar-refractivity contribution is 0.0941. The molecule has 9 heteroatoms. The van der Waals surface area contributed by atoms with Crippen LogP contribution in [0.2, 0.25) is 0 Å². The largest absolute Gasteiger partial charge is 0.497 e. The number of rotatable bonds is 9. The van der Waals surface area contributed by atoms with Crippen LogP contribution in [-0.2, 0) is 10.0 Å². The van der Waals surface area contributed by atoms with Gasteiger partial charge < -0.3 is 15.0 Å². The Bertz CT molecular complexity index is 1160. The van der Waals surface area contributed by atoms with Crippen LogP contribution in [0.15, 0.2) is 64.9 Å². The Balaban J connectivity index is 1.77. The van der Waals surface area contributed by atoms with E-state index in [9.17, 15) is 13.2 Å². The summed E-state index contributed by atoms with van der Waals surface area (Å²) in [4.78, 5) is 16.1. The van der Waals surface area contributed by atoms with Gasteiger partial charge in [-0.1, -0.05) is 12.1 Å². The first-order valence-electron chi connectivity index (χ1n) is 9.97. The second kappa shape index (κ2) is 10.2. The van der Waals surface area contributed by atoms with Gasteiger partial charge in [0.2, 0.25) is 0 Å². The summed E-state index contributed by atoms with van der Waals surface area (Å²) in [5, 5.41) is 4.95. The number of carbonyl (C=O) groups is 1. The lowest BCUT2D eigenvalue weighted by Crippen LogP contribution is -2.34. The van der Waals surface area contributed by atoms with Crippen molar-refractivity contribution < 1.29 is 17.9 Å². The number of sulfonamides is 1. The average Bonchev–Trinajstić information content (AvgIpc) is 3.28. The van der Waals surface area contributed by atoms with Crippen molar-refractivity contribution in [2.45, 2.75) is 17.9 Å². The molecule has 0 aliphatic carbocycles. The highest BCUT2D eigenvalue weighted by molar-refractivity contribution is 7.92. The number of anilines is 1. The molecule has 0 aliphatic rings. The molecule has 1 atom stereocenters.